The molecule has 4 aliphatic carbocycles. The summed E-state index contributed by atoms with van der Waals surface area (Å²) in [6.07, 6.45) is 13.2. The summed E-state index contributed by atoms with van der Waals surface area (Å²) in [6, 6.07) is 0. The molecule has 5 aliphatic rings. The molecule has 13 atom stereocenters. The van der Waals surface area contributed by atoms with Crippen LogP contribution in [0.3, 0.4) is 0 Å². The van der Waals surface area contributed by atoms with E-state index in [1.54, 1.807) is 0 Å². The Kier molecular flexibility index (Phi) is 7.97. The zero-order valence-corrected chi connectivity index (χ0v) is 22.3. The summed E-state index contributed by atoms with van der Waals surface area (Å²) < 4.78 is 0. The van der Waals surface area contributed by atoms with Crippen LogP contribution in [0.15, 0.2) is 0 Å². The van der Waals surface area contributed by atoms with Crippen molar-refractivity contribution < 1.29 is 10.2 Å². The van der Waals surface area contributed by atoms with Gasteiger partial charge in [-0.05, 0) is 105 Å². The molecule has 1 saturated heterocycles. The molecule has 13 unspecified atom stereocenters. The molecule has 0 radical (unpaired) electrons. The van der Waals surface area contributed by atoms with Crippen molar-refractivity contribution in [2.75, 3.05) is 0 Å². The van der Waals surface area contributed by atoms with Gasteiger partial charge in [0.25, 0.3) is 0 Å². The monoisotopic (exact) mass is 475 g/mol. The highest BCUT2D eigenvalue weighted by molar-refractivity contribution is 5.02. The minimum atomic E-state index is -0.274. The Morgan fingerprint density at radius 3 is 1.62 bits per heavy atom. The first-order valence-corrected chi connectivity index (χ1v) is 14.9. The van der Waals surface area contributed by atoms with Gasteiger partial charge in [-0.15, -0.1) is 0 Å². The second-order valence-electron chi connectivity index (χ2n) is 13.7. The van der Waals surface area contributed by atoms with Gasteiger partial charge in [0.15, 0.2) is 0 Å². The topological polar surface area (TPSA) is 76.5 Å². The summed E-state index contributed by atoms with van der Waals surface area (Å²) in [7, 11) is 0. The molecule has 0 spiro atoms. The van der Waals surface area contributed by atoms with Crippen LogP contribution in [0.25, 0.3) is 0 Å². The largest absolute Gasteiger partial charge is 0.393 e. The summed E-state index contributed by atoms with van der Waals surface area (Å²) in [5.74, 6) is 5.68. The van der Waals surface area contributed by atoms with Gasteiger partial charge in [0.2, 0.25) is 0 Å². The van der Waals surface area contributed by atoms with Gasteiger partial charge < -0.3 is 10.2 Å². The average molecular weight is 476 g/mol. The summed E-state index contributed by atoms with van der Waals surface area (Å²) in [5, 5.41) is 34.1. The van der Waals surface area contributed by atoms with Crippen molar-refractivity contribution >= 4 is 0 Å². The molecule has 1 aliphatic heterocycles. The van der Waals surface area contributed by atoms with Crippen LogP contribution in [0.5, 0.6) is 0 Å². The van der Waals surface area contributed by atoms with Crippen LogP contribution < -0.4 is 16.0 Å². The van der Waals surface area contributed by atoms with Gasteiger partial charge in [0.05, 0.1) is 30.7 Å². The van der Waals surface area contributed by atoms with Gasteiger partial charge in [0.1, 0.15) is 0 Å². The highest BCUT2D eigenvalue weighted by atomic mass is 16.3. The Bertz CT molecular complexity index is 640. The van der Waals surface area contributed by atoms with Gasteiger partial charge in [0, 0.05) is 5.92 Å². The predicted molar refractivity (Wildman–Crippen MR) is 138 cm³/mol. The normalized spacial score (nSPS) is 54.9. The molecule has 1 heterocycles. The van der Waals surface area contributed by atoms with Crippen molar-refractivity contribution in [3.8, 4) is 0 Å². The Morgan fingerprint density at radius 1 is 0.529 bits per heavy atom. The van der Waals surface area contributed by atoms with E-state index in [9.17, 15) is 10.2 Å². The Balaban J connectivity index is 1.39. The predicted octanol–water partition coefficient (Wildman–Crippen LogP) is 4.44. The third kappa shape index (κ3) is 5.25. The van der Waals surface area contributed by atoms with E-state index in [1.165, 1.54) is 38.5 Å². The Labute approximate surface area is 208 Å². The van der Waals surface area contributed by atoms with E-state index in [2.05, 4.69) is 43.6 Å². The van der Waals surface area contributed by atoms with Crippen LogP contribution in [-0.2, 0) is 0 Å². The second kappa shape index (κ2) is 10.7. The van der Waals surface area contributed by atoms with Gasteiger partial charge in [-0.3, -0.25) is 16.0 Å². The van der Waals surface area contributed by atoms with E-state index >= 15 is 0 Å². The third-order valence-electron chi connectivity index (χ3n) is 11.1. The van der Waals surface area contributed by atoms with Crippen molar-refractivity contribution in [1.29, 1.82) is 0 Å². The minimum absolute atomic E-state index is 0.127. The lowest BCUT2D eigenvalue weighted by Gasteiger charge is -2.54. The lowest BCUT2D eigenvalue weighted by molar-refractivity contribution is -0.0820. The molecule has 5 N–H and O–H groups in total. The Morgan fingerprint density at radius 2 is 1.06 bits per heavy atom. The lowest BCUT2D eigenvalue weighted by atomic mass is 9.62. The van der Waals surface area contributed by atoms with Crippen molar-refractivity contribution in [2.24, 2.45) is 53.3 Å². The van der Waals surface area contributed by atoms with Crippen molar-refractivity contribution in [2.45, 2.75) is 129 Å². The van der Waals surface area contributed by atoms with E-state index in [0.717, 1.165) is 55.8 Å². The molecular weight excluding hydrogens is 422 g/mol. The first-order valence-electron chi connectivity index (χ1n) is 14.9. The molecule has 4 saturated carbocycles. The maximum absolute atomic E-state index is 11.3. The first kappa shape index (κ1) is 25.4. The number of hydrogen-bond donors (Lipinski definition) is 5. The summed E-state index contributed by atoms with van der Waals surface area (Å²) >= 11 is 0. The van der Waals surface area contributed by atoms with Crippen LogP contribution >= 0.6 is 0 Å². The van der Waals surface area contributed by atoms with Crippen LogP contribution in [-0.4, -0.2) is 40.9 Å². The Hall–Kier alpha value is -0.200. The number of nitrogens with one attached hydrogen (secondary N) is 3. The van der Waals surface area contributed by atoms with Gasteiger partial charge in [-0.25, -0.2) is 0 Å². The molecule has 0 aromatic carbocycles. The minimum Gasteiger partial charge on any atom is -0.393 e. The fourth-order valence-corrected chi connectivity index (χ4v) is 9.22. The molecule has 5 fully saturated rings. The number of fused-ring (bicyclic) bond motifs is 1. The third-order valence-corrected chi connectivity index (χ3v) is 11.1. The van der Waals surface area contributed by atoms with Crippen LogP contribution in [0, 0.1) is 53.3 Å². The molecule has 5 heteroatoms. The highest BCUT2D eigenvalue weighted by Crippen LogP contribution is 2.46. The molecule has 5 nitrogen and oxygen atoms in total. The smallest absolute Gasteiger partial charge is 0.0652 e. The summed E-state index contributed by atoms with van der Waals surface area (Å²) in [6.45, 7) is 9.76. The second-order valence-corrected chi connectivity index (χ2v) is 13.7. The fourth-order valence-electron chi connectivity index (χ4n) is 9.22. The standard InChI is InChI=1S/C29H53N3O2/c1-16-5-10-22(18(3)13-16)27-30-28(23-11-6-17(2)14-19(23)4)32-29(31-27)26-24-15-21(33)9-7-20(24)8-12-25(26)34/h16-34H,5-15H2,1-4H3. The molecule has 0 aromatic heterocycles. The zero-order chi connectivity index (χ0) is 24.0. The van der Waals surface area contributed by atoms with Crippen molar-refractivity contribution in [3.63, 3.8) is 0 Å². The van der Waals surface area contributed by atoms with E-state index < -0.39 is 0 Å². The fraction of sp³-hybridized carbons (Fsp3) is 1.00. The summed E-state index contributed by atoms with van der Waals surface area (Å²) in [5.41, 5.74) is 0. The number of rotatable bonds is 3. The average Bonchev–Trinajstić information content (AvgIpc) is 2.78. The quantitative estimate of drug-likeness (QED) is 0.417. The van der Waals surface area contributed by atoms with Gasteiger partial charge in [-0.2, -0.15) is 0 Å². The first-order chi connectivity index (χ1) is 16.3. The zero-order valence-electron chi connectivity index (χ0n) is 22.3. The van der Waals surface area contributed by atoms with E-state index in [1.807, 2.05) is 0 Å². The van der Waals surface area contributed by atoms with Crippen LogP contribution in [0.2, 0.25) is 0 Å². The number of aliphatic hydroxyl groups is 2. The van der Waals surface area contributed by atoms with E-state index in [-0.39, 0.29) is 24.3 Å². The molecule has 5 rings (SSSR count). The highest BCUT2D eigenvalue weighted by Gasteiger charge is 2.49. The maximum atomic E-state index is 11.3. The SMILES string of the molecule is CC1CCC(C2NC(C3CCC(C)CC3C)NC(C3C(O)CCC4CCC(O)CC43)N2)C(C)C1. The van der Waals surface area contributed by atoms with Gasteiger partial charge >= 0.3 is 0 Å². The molecule has 0 bridgehead atoms. The molecular formula is C29H53N3O2. The van der Waals surface area contributed by atoms with Gasteiger partial charge in [-0.1, -0.05) is 40.5 Å². The molecule has 196 valence electrons. The molecule has 0 aromatic rings. The maximum Gasteiger partial charge on any atom is 0.0652 e. The van der Waals surface area contributed by atoms with E-state index in [0.29, 0.717) is 36.0 Å². The number of aliphatic hydroxyl groups excluding tert-OH is 2. The number of hydrogen-bond acceptors (Lipinski definition) is 5. The van der Waals surface area contributed by atoms with Crippen molar-refractivity contribution in [3.05, 3.63) is 0 Å². The lowest BCUT2D eigenvalue weighted by Crippen LogP contribution is -2.75. The van der Waals surface area contributed by atoms with Crippen LogP contribution in [0.4, 0.5) is 0 Å². The van der Waals surface area contributed by atoms with Crippen LogP contribution in [0.1, 0.15) is 98.3 Å². The molecule has 0 amide bonds. The van der Waals surface area contributed by atoms with E-state index in [4.69, 9.17) is 0 Å². The summed E-state index contributed by atoms with van der Waals surface area (Å²) in [4.78, 5) is 0. The molecule has 34 heavy (non-hydrogen) atoms. The van der Waals surface area contributed by atoms with Crippen molar-refractivity contribution in [1.82, 2.24) is 16.0 Å².